The average Bonchev–Trinajstić information content (AvgIpc) is 2.72. The number of nitrogen functional groups attached to an aromatic ring is 1. The molecule has 0 aliphatic carbocycles. The number of hydrogen-bond acceptors (Lipinski definition) is 7. The molecule has 0 atom stereocenters. The van der Waals surface area contributed by atoms with Gasteiger partial charge < -0.3 is 15.7 Å². The molecule has 9 heteroatoms. The Morgan fingerprint density at radius 1 is 1.27 bits per heavy atom. The van der Waals surface area contributed by atoms with Crippen molar-refractivity contribution in [1.29, 1.82) is 0 Å². The number of allylic oxidation sites excluding steroid dienone is 1. The first-order chi connectivity index (χ1) is 14.0. The first-order valence-corrected chi connectivity index (χ1v) is 10.3. The van der Waals surface area contributed by atoms with Crippen LogP contribution >= 0.6 is 24.2 Å². The SMILES string of the molecule is CC(=C(CCO)SCCC(=O)c1ccccc1)N(C=O)Cc1cnc(C)nc1N.Cl. The Labute approximate surface area is 187 Å². The molecule has 162 valence electrons. The lowest BCUT2D eigenvalue weighted by Gasteiger charge is -2.22. The smallest absolute Gasteiger partial charge is 0.214 e. The number of rotatable bonds is 11. The summed E-state index contributed by atoms with van der Waals surface area (Å²) in [6, 6.07) is 9.14. The Balaban J connectivity index is 0.00000450. The highest BCUT2D eigenvalue weighted by Gasteiger charge is 2.15. The number of amides is 1. The predicted octanol–water partition coefficient (Wildman–Crippen LogP) is 3.37. The van der Waals surface area contributed by atoms with E-state index in [-0.39, 0.29) is 31.3 Å². The molecule has 0 bridgehead atoms. The first-order valence-electron chi connectivity index (χ1n) is 9.27. The number of Topliss-reactive ketones (excluding diaryl/α,β-unsaturated/α-hetero) is 1. The fourth-order valence-corrected chi connectivity index (χ4v) is 3.80. The highest BCUT2D eigenvalue weighted by atomic mass is 35.5. The maximum Gasteiger partial charge on any atom is 0.214 e. The molecule has 1 aromatic heterocycles. The number of nitrogens with zero attached hydrogens (tertiary/aromatic N) is 3. The number of carbonyl (C=O) groups is 2. The average molecular weight is 451 g/mol. The second-order valence-electron chi connectivity index (χ2n) is 6.43. The number of anilines is 1. The molecule has 0 saturated heterocycles. The van der Waals surface area contributed by atoms with E-state index in [4.69, 9.17) is 5.73 Å². The number of aliphatic hydroxyl groups excluding tert-OH is 1. The van der Waals surface area contributed by atoms with Crippen LogP contribution in [0.5, 0.6) is 0 Å². The van der Waals surface area contributed by atoms with Crippen LogP contribution in [-0.4, -0.2) is 44.5 Å². The third-order valence-electron chi connectivity index (χ3n) is 4.36. The summed E-state index contributed by atoms with van der Waals surface area (Å²) < 4.78 is 0. The van der Waals surface area contributed by atoms with Crippen molar-refractivity contribution in [2.75, 3.05) is 18.1 Å². The number of ketones is 1. The van der Waals surface area contributed by atoms with Gasteiger partial charge in [0.2, 0.25) is 6.41 Å². The lowest BCUT2D eigenvalue weighted by molar-refractivity contribution is -0.116. The minimum Gasteiger partial charge on any atom is -0.396 e. The Morgan fingerprint density at radius 2 is 1.97 bits per heavy atom. The van der Waals surface area contributed by atoms with E-state index < -0.39 is 0 Å². The minimum atomic E-state index is -0.0468. The van der Waals surface area contributed by atoms with Gasteiger partial charge in [-0.2, -0.15) is 0 Å². The Hall–Kier alpha value is -2.42. The van der Waals surface area contributed by atoms with Crippen LogP contribution in [0.1, 0.15) is 41.5 Å². The summed E-state index contributed by atoms with van der Waals surface area (Å²) in [4.78, 5) is 34.6. The summed E-state index contributed by atoms with van der Waals surface area (Å²) in [7, 11) is 0. The van der Waals surface area contributed by atoms with Gasteiger partial charge in [0, 0.05) is 53.1 Å². The molecule has 7 nitrogen and oxygen atoms in total. The number of hydrogen-bond donors (Lipinski definition) is 2. The zero-order valence-electron chi connectivity index (χ0n) is 17.1. The summed E-state index contributed by atoms with van der Waals surface area (Å²) in [5.74, 6) is 1.52. The summed E-state index contributed by atoms with van der Waals surface area (Å²) in [6.45, 7) is 3.75. The lowest BCUT2D eigenvalue weighted by atomic mass is 10.1. The van der Waals surface area contributed by atoms with Gasteiger partial charge in [0.25, 0.3) is 0 Å². The molecule has 0 aliphatic rings. The first kappa shape index (κ1) is 25.6. The summed E-state index contributed by atoms with van der Waals surface area (Å²) in [5, 5.41) is 9.43. The van der Waals surface area contributed by atoms with Crippen molar-refractivity contribution in [3.63, 3.8) is 0 Å². The van der Waals surface area contributed by atoms with Gasteiger partial charge in [0.1, 0.15) is 11.6 Å². The molecule has 1 amide bonds. The molecule has 0 radical (unpaired) electrons. The number of benzene rings is 1. The van der Waals surface area contributed by atoms with Crippen molar-refractivity contribution < 1.29 is 14.7 Å². The van der Waals surface area contributed by atoms with Gasteiger partial charge in [0.05, 0.1) is 6.54 Å². The zero-order valence-corrected chi connectivity index (χ0v) is 18.7. The topological polar surface area (TPSA) is 109 Å². The number of thioether (sulfide) groups is 1. The van der Waals surface area contributed by atoms with Crippen molar-refractivity contribution in [1.82, 2.24) is 14.9 Å². The summed E-state index contributed by atoms with van der Waals surface area (Å²) >= 11 is 1.47. The molecule has 0 aliphatic heterocycles. The molecule has 30 heavy (non-hydrogen) atoms. The van der Waals surface area contributed by atoms with E-state index in [1.807, 2.05) is 25.1 Å². The van der Waals surface area contributed by atoms with Crippen LogP contribution in [0.25, 0.3) is 0 Å². The van der Waals surface area contributed by atoms with E-state index in [1.54, 1.807) is 25.3 Å². The van der Waals surface area contributed by atoms with Crippen LogP contribution in [0.4, 0.5) is 5.82 Å². The number of aromatic nitrogens is 2. The largest absolute Gasteiger partial charge is 0.396 e. The van der Waals surface area contributed by atoms with Gasteiger partial charge in [-0.15, -0.1) is 24.2 Å². The molecular formula is C21H27ClN4O3S. The lowest BCUT2D eigenvalue weighted by Crippen LogP contribution is -2.22. The van der Waals surface area contributed by atoms with Gasteiger partial charge in [-0.05, 0) is 13.8 Å². The van der Waals surface area contributed by atoms with Gasteiger partial charge in [-0.1, -0.05) is 30.3 Å². The van der Waals surface area contributed by atoms with E-state index in [0.717, 1.165) is 11.3 Å². The standard InChI is InChI=1S/C21H26N4O3S.ClH/c1-15(25(14-27)13-18-12-23-16(2)24-21(18)22)20(8-10-26)29-11-9-19(28)17-6-4-3-5-7-17;/h3-7,12,14,26H,8-11,13H2,1-2H3,(H2,22,23,24);1H. The predicted molar refractivity (Wildman–Crippen MR) is 122 cm³/mol. The molecule has 2 aromatic rings. The number of aliphatic hydroxyl groups is 1. The Kier molecular flexibility index (Phi) is 11.1. The zero-order chi connectivity index (χ0) is 21.2. The maximum absolute atomic E-state index is 12.3. The molecule has 0 saturated carbocycles. The second-order valence-corrected chi connectivity index (χ2v) is 7.62. The van der Waals surface area contributed by atoms with Crippen LogP contribution in [0.15, 0.2) is 47.1 Å². The molecule has 2 rings (SSSR count). The van der Waals surface area contributed by atoms with Crippen molar-refractivity contribution in [3.05, 3.63) is 64.1 Å². The Bertz CT molecular complexity index is 878. The molecule has 3 N–H and O–H groups in total. The molecular weight excluding hydrogens is 424 g/mol. The fourth-order valence-electron chi connectivity index (χ4n) is 2.71. The maximum atomic E-state index is 12.3. The van der Waals surface area contributed by atoms with E-state index in [1.165, 1.54) is 16.7 Å². The van der Waals surface area contributed by atoms with E-state index in [0.29, 0.717) is 47.1 Å². The van der Waals surface area contributed by atoms with Crippen molar-refractivity contribution in [2.45, 2.75) is 33.2 Å². The van der Waals surface area contributed by atoms with E-state index >= 15 is 0 Å². The van der Waals surface area contributed by atoms with Crippen LogP contribution < -0.4 is 5.73 Å². The molecule has 1 aromatic carbocycles. The molecule has 1 heterocycles. The monoisotopic (exact) mass is 450 g/mol. The van der Waals surface area contributed by atoms with E-state index in [9.17, 15) is 14.7 Å². The number of nitrogens with two attached hydrogens (primary N) is 1. The van der Waals surface area contributed by atoms with E-state index in [2.05, 4.69) is 9.97 Å². The molecule has 0 unspecified atom stereocenters. The minimum absolute atomic E-state index is 0. The van der Waals surface area contributed by atoms with Gasteiger partial charge in [-0.3, -0.25) is 9.59 Å². The van der Waals surface area contributed by atoms with Gasteiger partial charge in [0.15, 0.2) is 5.78 Å². The summed E-state index contributed by atoms with van der Waals surface area (Å²) in [5.41, 5.74) is 7.98. The van der Waals surface area contributed by atoms with Gasteiger partial charge >= 0.3 is 0 Å². The van der Waals surface area contributed by atoms with Crippen molar-refractivity contribution >= 4 is 42.2 Å². The summed E-state index contributed by atoms with van der Waals surface area (Å²) in [6.07, 6.45) is 3.11. The normalized spacial score (nSPS) is 11.3. The number of carbonyl (C=O) groups excluding carboxylic acids is 2. The van der Waals surface area contributed by atoms with Crippen LogP contribution in [0.2, 0.25) is 0 Å². The number of aryl methyl sites for hydroxylation is 1. The molecule has 0 fully saturated rings. The van der Waals surface area contributed by atoms with Crippen LogP contribution in [-0.2, 0) is 11.3 Å². The molecule has 0 spiro atoms. The quantitative estimate of drug-likeness (QED) is 0.399. The fraction of sp³-hybridized carbons (Fsp3) is 0.333. The van der Waals surface area contributed by atoms with Crippen LogP contribution in [0.3, 0.4) is 0 Å². The number of halogens is 1. The second kappa shape index (κ2) is 13.0. The third kappa shape index (κ3) is 7.44. The van der Waals surface area contributed by atoms with Gasteiger partial charge in [-0.25, -0.2) is 9.97 Å². The highest BCUT2D eigenvalue weighted by Crippen LogP contribution is 2.27. The highest BCUT2D eigenvalue weighted by molar-refractivity contribution is 8.03. The van der Waals surface area contributed by atoms with Crippen molar-refractivity contribution in [2.24, 2.45) is 0 Å². The van der Waals surface area contributed by atoms with Crippen molar-refractivity contribution in [3.8, 4) is 0 Å². The Morgan fingerprint density at radius 3 is 2.57 bits per heavy atom. The van der Waals surface area contributed by atoms with Crippen LogP contribution in [0, 0.1) is 6.92 Å². The third-order valence-corrected chi connectivity index (χ3v) is 5.62.